The van der Waals surface area contributed by atoms with Crippen LogP contribution < -0.4 is 14.8 Å². The largest absolute Gasteiger partial charge is 0.495 e. The number of carbonyl (C=O) groups excluding carboxylic acids is 1. The van der Waals surface area contributed by atoms with E-state index in [-0.39, 0.29) is 23.1 Å². The van der Waals surface area contributed by atoms with Crippen LogP contribution in [0.5, 0.6) is 5.75 Å². The molecule has 2 rings (SSSR count). The van der Waals surface area contributed by atoms with Gasteiger partial charge in [-0.1, -0.05) is 17.7 Å². The van der Waals surface area contributed by atoms with Gasteiger partial charge in [0.15, 0.2) is 0 Å². The van der Waals surface area contributed by atoms with E-state index in [2.05, 4.69) is 10.0 Å². The first-order valence-electron chi connectivity index (χ1n) is 7.00. The van der Waals surface area contributed by atoms with Crippen LogP contribution in [0.3, 0.4) is 0 Å². The summed E-state index contributed by atoms with van der Waals surface area (Å²) in [6.07, 6.45) is -0.00453. The molecule has 2 aromatic rings. The highest BCUT2D eigenvalue weighted by Crippen LogP contribution is 2.30. The molecule has 1 amide bonds. The number of aryl methyl sites for hydroxylation is 1. The number of sulfonamides is 1. The number of hydrogen-bond acceptors (Lipinski definition) is 5. The Morgan fingerprint density at radius 3 is 2.75 bits per heavy atom. The first kappa shape index (κ1) is 18.7. The molecule has 0 fully saturated rings. The first-order chi connectivity index (χ1) is 11.3. The molecule has 0 saturated carbocycles. The van der Waals surface area contributed by atoms with Crippen LogP contribution in [-0.2, 0) is 14.8 Å². The Kier molecular flexibility index (Phi) is 6.22. The van der Waals surface area contributed by atoms with E-state index in [1.165, 1.54) is 13.2 Å². The van der Waals surface area contributed by atoms with Crippen LogP contribution in [-0.4, -0.2) is 28.0 Å². The molecule has 0 bridgehead atoms. The number of thiophene rings is 1. The summed E-state index contributed by atoms with van der Waals surface area (Å²) < 4.78 is 31.7. The van der Waals surface area contributed by atoms with E-state index in [0.717, 1.165) is 16.9 Å². The third kappa shape index (κ3) is 4.70. The molecule has 0 atom stereocenters. The maximum absolute atomic E-state index is 12.0. The van der Waals surface area contributed by atoms with Crippen molar-refractivity contribution in [3.63, 3.8) is 0 Å². The molecular weight excluding hydrogens is 372 g/mol. The lowest BCUT2D eigenvalue weighted by Gasteiger charge is -2.12. The molecule has 9 heteroatoms. The summed E-state index contributed by atoms with van der Waals surface area (Å²) in [5.41, 5.74) is 1.29. The molecule has 0 spiro atoms. The number of methoxy groups -OCH3 is 1. The number of carbonyl (C=O) groups is 1. The average molecular weight is 389 g/mol. The Balaban J connectivity index is 1.94. The Bertz CT molecular complexity index is 820. The standard InChI is InChI=1S/C15H17ClN2O4S2/c1-10-8-12(13(22-2)9-11(10)16)18-14(19)5-6-17-24(20,21)15-4-3-7-23-15/h3-4,7-9,17H,5-6H2,1-2H3,(H,18,19). The van der Waals surface area contributed by atoms with Crippen LogP contribution in [0, 0.1) is 6.92 Å². The number of ether oxygens (including phenoxy) is 1. The smallest absolute Gasteiger partial charge is 0.250 e. The van der Waals surface area contributed by atoms with Crippen molar-refractivity contribution < 1.29 is 17.9 Å². The zero-order valence-corrected chi connectivity index (χ0v) is 15.5. The van der Waals surface area contributed by atoms with Crippen LogP contribution in [0.2, 0.25) is 5.02 Å². The summed E-state index contributed by atoms with van der Waals surface area (Å²) in [4.78, 5) is 12.0. The second-order valence-electron chi connectivity index (χ2n) is 4.93. The van der Waals surface area contributed by atoms with E-state index >= 15 is 0 Å². The van der Waals surface area contributed by atoms with Gasteiger partial charge in [0.2, 0.25) is 15.9 Å². The van der Waals surface area contributed by atoms with Crippen molar-refractivity contribution >= 4 is 44.6 Å². The molecular formula is C15H17ClN2O4S2. The van der Waals surface area contributed by atoms with Crippen molar-refractivity contribution in [2.45, 2.75) is 17.6 Å². The van der Waals surface area contributed by atoms with Crippen molar-refractivity contribution in [3.8, 4) is 5.75 Å². The number of rotatable bonds is 7. The minimum atomic E-state index is -3.56. The van der Waals surface area contributed by atoms with Crippen molar-refractivity contribution in [2.75, 3.05) is 19.0 Å². The molecule has 130 valence electrons. The number of benzene rings is 1. The van der Waals surface area contributed by atoms with Gasteiger partial charge in [0, 0.05) is 24.1 Å². The summed E-state index contributed by atoms with van der Waals surface area (Å²) in [5, 5.41) is 4.91. The molecule has 24 heavy (non-hydrogen) atoms. The first-order valence-corrected chi connectivity index (χ1v) is 9.74. The minimum absolute atomic E-state index is 0.000946. The zero-order valence-electron chi connectivity index (χ0n) is 13.1. The third-order valence-corrected chi connectivity index (χ3v) is 6.42. The highest BCUT2D eigenvalue weighted by Gasteiger charge is 2.15. The summed E-state index contributed by atoms with van der Waals surface area (Å²) in [6.45, 7) is 1.81. The summed E-state index contributed by atoms with van der Waals surface area (Å²) in [6, 6.07) is 6.48. The summed E-state index contributed by atoms with van der Waals surface area (Å²) >= 11 is 7.13. The predicted molar refractivity (Wildman–Crippen MR) is 95.5 cm³/mol. The Labute approximate surface area is 149 Å². The average Bonchev–Trinajstić information content (AvgIpc) is 3.05. The zero-order chi connectivity index (χ0) is 17.7. The van der Waals surface area contributed by atoms with Crippen LogP contribution in [0.25, 0.3) is 0 Å². The lowest BCUT2D eigenvalue weighted by molar-refractivity contribution is -0.116. The van der Waals surface area contributed by atoms with Gasteiger partial charge < -0.3 is 10.1 Å². The van der Waals surface area contributed by atoms with E-state index < -0.39 is 10.0 Å². The number of anilines is 1. The molecule has 6 nitrogen and oxygen atoms in total. The molecule has 0 aliphatic carbocycles. The van der Waals surface area contributed by atoms with Crippen LogP contribution >= 0.6 is 22.9 Å². The molecule has 0 radical (unpaired) electrons. The molecule has 0 unspecified atom stereocenters. The van der Waals surface area contributed by atoms with Gasteiger partial charge in [0.1, 0.15) is 9.96 Å². The van der Waals surface area contributed by atoms with E-state index in [1.807, 2.05) is 6.92 Å². The number of amides is 1. The van der Waals surface area contributed by atoms with E-state index in [4.69, 9.17) is 16.3 Å². The highest BCUT2D eigenvalue weighted by atomic mass is 35.5. The van der Waals surface area contributed by atoms with Gasteiger partial charge in [0.05, 0.1) is 12.8 Å². The fourth-order valence-corrected chi connectivity index (χ4v) is 4.15. The highest BCUT2D eigenvalue weighted by molar-refractivity contribution is 7.91. The Morgan fingerprint density at radius 1 is 1.38 bits per heavy atom. The van der Waals surface area contributed by atoms with Gasteiger partial charge in [0.25, 0.3) is 0 Å². The number of nitrogens with one attached hydrogen (secondary N) is 2. The van der Waals surface area contributed by atoms with Crippen molar-refractivity contribution in [1.82, 2.24) is 4.72 Å². The van der Waals surface area contributed by atoms with Gasteiger partial charge in [-0.3, -0.25) is 4.79 Å². The quantitative estimate of drug-likeness (QED) is 0.763. The molecule has 1 heterocycles. The fraction of sp³-hybridized carbons (Fsp3) is 0.267. The molecule has 0 saturated heterocycles. The van der Waals surface area contributed by atoms with Crippen LogP contribution in [0.1, 0.15) is 12.0 Å². The van der Waals surface area contributed by atoms with E-state index in [0.29, 0.717) is 16.5 Å². The van der Waals surface area contributed by atoms with E-state index in [1.54, 1.807) is 23.6 Å². The lowest BCUT2D eigenvalue weighted by Crippen LogP contribution is -2.27. The second kappa shape index (κ2) is 7.98. The monoisotopic (exact) mass is 388 g/mol. The van der Waals surface area contributed by atoms with Gasteiger partial charge in [-0.25, -0.2) is 13.1 Å². The topological polar surface area (TPSA) is 84.5 Å². The van der Waals surface area contributed by atoms with Crippen LogP contribution in [0.4, 0.5) is 5.69 Å². The maximum Gasteiger partial charge on any atom is 0.250 e. The maximum atomic E-state index is 12.0. The van der Waals surface area contributed by atoms with Crippen molar-refractivity contribution in [2.24, 2.45) is 0 Å². The normalized spacial score (nSPS) is 11.3. The van der Waals surface area contributed by atoms with Gasteiger partial charge in [-0.2, -0.15) is 0 Å². The molecule has 0 aliphatic rings. The predicted octanol–water partition coefficient (Wildman–Crippen LogP) is 3.03. The lowest BCUT2D eigenvalue weighted by atomic mass is 10.2. The second-order valence-corrected chi connectivity index (χ2v) is 8.28. The van der Waals surface area contributed by atoms with Crippen molar-refractivity contribution in [3.05, 3.63) is 40.2 Å². The fourth-order valence-electron chi connectivity index (χ4n) is 1.93. The molecule has 1 aromatic heterocycles. The van der Waals surface area contributed by atoms with E-state index in [9.17, 15) is 13.2 Å². The Hall–Kier alpha value is -1.61. The SMILES string of the molecule is COc1cc(Cl)c(C)cc1NC(=O)CCNS(=O)(=O)c1cccs1. The van der Waals surface area contributed by atoms with Gasteiger partial charge >= 0.3 is 0 Å². The van der Waals surface area contributed by atoms with Gasteiger partial charge in [-0.05, 0) is 30.0 Å². The molecule has 1 aromatic carbocycles. The molecule has 0 aliphatic heterocycles. The Morgan fingerprint density at radius 2 is 2.12 bits per heavy atom. The van der Waals surface area contributed by atoms with Crippen molar-refractivity contribution in [1.29, 1.82) is 0 Å². The third-order valence-electron chi connectivity index (χ3n) is 3.16. The number of hydrogen-bond donors (Lipinski definition) is 2. The number of halogens is 1. The summed E-state index contributed by atoms with van der Waals surface area (Å²) in [5.74, 6) is 0.113. The van der Waals surface area contributed by atoms with Crippen LogP contribution in [0.15, 0.2) is 33.9 Å². The molecule has 2 N–H and O–H groups in total. The minimum Gasteiger partial charge on any atom is -0.495 e. The van der Waals surface area contributed by atoms with Gasteiger partial charge in [-0.15, -0.1) is 11.3 Å². The summed E-state index contributed by atoms with van der Waals surface area (Å²) in [7, 11) is -2.09.